The zero-order valence-electron chi connectivity index (χ0n) is 18.8. The summed E-state index contributed by atoms with van der Waals surface area (Å²) in [5.74, 6) is 0.843. The molecule has 0 aliphatic heterocycles. The van der Waals surface area contributed by atoms with E-state index in [0.717, 1.165) is 10.0 Å². The summed E-state index contributed by atoms with van der Waals surface area (Å²) in [5, 5.41) is 2.81. The molecule has 0 aliphatic rings. The molecule has 0 saturated heterocycles. The Morgan fingerprint density at radius 3 is 2.36 bits per heavy atom. The van der Waals surface area contributed by atoms with E-state index in [-0.39, 0.29) is 12.4 Å². The summed E-state index contributed by atoms with van der Waals surface area (Å²) >= 11 is 3.49. The Bertz CT molecular complexity index is 1050. The molecule has 0 bridgehead atoms. The van der Waals surface area contributed by atoms with Crippen molar-refractivity contribution in [1.82, 2.24) is 5.32 Å². The maximum Gasteiger partial charge on any atom is 0.408 e. The number of halogens is 2. The number of carbonyl (C=O) groups is 1. The molecule has 0 unspecified atom stereocenters. The molecule has 0 spiro atoms. The zero-order chi connectivity index (χ0) is 23.8. The third kappa shape index (κ3) is 8.09. The molecule has 1 N–H and O–H groups in total. The number of ether oxygens (including phenoxy) is 3. The van der Waals surface area contributed by atoms with E-state index < -0.39 is 17.7 Å². The topological polar surface area (TPSA) is 56.8 Å². The Hall–Kier alpha value is -3.06. The minimum absolute atomic E-state index is 0.103. The molecule has 3 aromatic rings. The monoisotopic (exact) mass is 515 g/mol. The highest BCUT2D eigenvalue weighted by Gasteiger charge is 2.21. The number of hydrogen-bond donors (Lipinski definition) is 1. The smallest absolute Gasteiger partial charge is 0.408 e. The van der Waals surface area contributed by atoms with Crippen LogP contribution in [0.5, 0.6) is 11.5 Å². The van der Waals surface area contributed by atoms with Gasteiger partial charge in [0.05, 0.1) is 10.5 Å². The second-order valence-corrected chi connectivity index (χ2v) is 9.28. The summed E-state index contributed by atoms with van der Waals surface area (Å²) in [5.41, 5.74) is 1.10. The summed E-state index contributed by atoms with van der Waals surface area (Å²) < 4.78 is 31.4. The van der Waals surface area contributed by atoms with Crippen LogP contribution in [0.25, 0.3) is 0 Å². The summed E-state index contributed by atoms with van der Waals surface area (Å²) in [6.07, 6.45) is -0.584. The van der Waals surface area contributed by atoms with Crippen LogP contribution in [0.1, 0.15) is 37.9 Å². The van der Waals surface area contributed by atoms with Crippen LogP contribution in [-0.4, -0.2) is 18.3 Å². The molecular weight excluding hydrogens is 489 g/mol. The van der Waals surface area contributed by atoms with E-state index in [4.69, 9.17) is 14.2 Å². The Kier molecular flexibility index (Phi) is 8.33. The van der Waals surface area contributed by atoms with Crippen molar-refractivity contribution in [2.75, 3.05) is 6.61 Å². The van der Waals surface area contributed by atoms with Crippen molar-refractivity contribution >= 4 is 22.0 Å². The van der Waals surface area contributed by atoms with Crippen LogP contribution in [0.4, 0.5) is 9.18 Å². The lowest BCUT2D eigenvalue weighted by molar-refractivity contribution is 0.0486. The van der Waals surface area contributed by atoms with Crippen molar-refractivity contribution in [3.63, 3.8) is 0 Å². The van der Waals surface area contributed by atoms with Gasteiger partial charge in [-0.25, -0.2) is 9.18 Å². The summed E-state index contributed by atoms with van der Waals surface area (Å²) in [6, 6.07) is 20.7. The van der Waals surface area contributed by atoms with Gasteiger partial charge >= 0.3 is 6.09 Å². The van der Waals surface area contributed by atoms with E-state index in [9.17, 15) is 9.18 Å². The van der Waals surface area contributed by atoms with Crippen molar-refractivity contribution in [3.8, 4) is 11.5 Å². The van der Waals surface area contributed by atoms with E-state index in [2.05, 4.69) is 21.2 Å². The molecule has 1 amide bonds. The lowest BCUT2D eigenvalue weighted by Crippen LogP contribution is -2.37. The normalized spacial score (nSPS) is 12.0. The number of benzene rings is 3. The van der Waals surface area contributed by atoms with E-state index in [1.807, 2.05) is 42.5 Å². The summed E-state index contributed by atoms with van der Waals surface area (Å²) in [7, 11) is 0. The number of nitrogens with one attached hydrogen (secondary N) is 1. The van der Waals surface area contributed by atoms with Crippen LogP contribution in [0, 0.1) is 5.82 Å². The minimum Gasteiger partial charge on any atom is -0.490 e. The molecule has 0 aliphatic carbocycles. The molecule has 0 radical (unpaired) electrons. The van der Waals surface area contributed by atoms with Crippen molar-refractivity contribution in [2.45, 2.75) is 39.0 Å². The zero-order valence-corrected chi connectivity index (χ0v) is 20.4. The summed E-state index contributed by atoms with van der Waals surface area (Å²) in [4.78, 5) is 12.4. The van der Waals surface area contributed by atoms with Gasteiger partial charge < -0.3 is 19.5 Å². The molecule has 33 heavy (non-hydrogen) atoms. The Balaban J connectivity index is 1.70. The van der Waals surface area contributed by atoms with Crippen molar-refractivity contribution in [3.05, 3.63) is 94.2 Å². The molecule has 0 fully saturated rings. The first-order valence-corrected chi connectivity index (χ1v) is 11.3. The number of hydrogen-bond acceptors (Lipinski definition) is 4. The summed E-state index contributed by atoms with van der Waals surface area (Å²) in [6.45, 7) is 5.89. The van der Waals surface area contributed by atoms with E-state index in [1.54, 1.807) is 39.0 Å². The highest BCUT2D eigenvalue weighted by molar-refractivity contribution is 9.10. The van der Waals surface area contributed by atoms with Crippen molar-refractivity contribution < 1.29 is 23.4 Å². The van der Waals surface area contributed by atoms with Gasteiger partial charge in [-0.15, -0.1) is 0 Å². The minimum atomic E-state index is -0.647. The van der Waals surface area contributed by atoms with Crippen LogP contribution in [0.3, 0.4) is 0 Å². The van der Waals surface area contributed by atoms with Gasteiger partial charge in [0.1, 0.15) is 36.1 Å². The van der Waals surface area contributed by atoms with Gasteiger partial charge in [-0.05, 0) is 72.1 Å². The van der Waals surface area contributed by atoms with Crippen LogP contribution in [0.2, 0.25) is 0 Å². The average Bonchev–Trinajstić information content (AvgIpc) is 2.76. The third-order valence-electron chi connectivity index (χ3n) is 4.52. The molecule has 174 valence electrons. The average molecular weight is 516 g/mol. The van der Waals surface area contributed by atoms with Crippen LogP contribution in [0.15, 0.2) is 77.3 Å². The Morgan fingerprint density at radius 2 is 1.70 bits per heavy atom. The quantitative estimate of drug-likeness (QED) is 0.357. The maximum absolute atomic E-state index is 13.4. The SMILES string of the molecule is CC(C)(C)OC(=O)N[C@@H](COc1cc(OCc2ccccc2)ccc1Br)c1ccc(F)cc1. The predicted molar refractivity (Wildman–Crippen MR) is 129 cm³/mol. The number of carbonyl (C=O) groups excluding carboxylic acids is 1. The lowest BCUT2D eigenvalue weighted by Gasteiger charge is -2.24. The number of rotatable bonds is 8. The first kappa shape index (κ1) is 24.6. The van der Waals surface area contributed by atoms with Gasteiger partial charge in [0.15, 0.2) is 0 Å². The maximum atomic E-state index is 13.4. The van der Waals surface area contributed by atoms with E-state index in [1.165, 1.54) is 12.1 Å². The largest absolute Gasteiger partial charge is 0.490 e. The lowest BCUT2D eigenvalue weighted by atomic mass is 10.1. The van der Waals surface area contributed by atoms with Crippen LogP contribution >= 0.6 is 15.9 Å². The highest BCUT2D eigenvalue weighted by Crippen LogP contribution is 2.31. The standard InChI is InChI=1S/C26H27BrFNO4/c1-26(2,3)33-25(30)29-23(19-9-11-20(28)12-10-19)17-32-24-15-21(13-14-22(24)27)31-16-18-7-5-4-6-8-18/h4-15,23H,16-17H2,1-3H3,(H,29,30)/t23-/m0/s1. The Labute approximate surface area is 202 Å². The molecule has 3 rings (SSSR count). The molecule has 0 heterocycles. The molecular formula is C26H27BrFNO4. The van der Waals surface area contributed by atoms with Gasteiger partial charge in [-0.1, -0.05) is 42.5 Å². The van der Waals surface area contributed by atoms with Crippen LogP contribution < -0.4 is 14.8 Å². The third-order valence-corrected chi connectivity index (χ3v) is 5.17. The highest BCUT2D eigenvalue weighted by atomic mass is 79.9. The molecule has 0 aromatic heterocycles. The van der Waals surface area contributed by atoms with Gasteiger partial charge in [-0.2, -0.15) is 0 Å². The molecule has 3 aromatic carbocycles. The van der Waals surface area contributed by atoms with Gasteiger partial charge in [0.25, 0.3) is 0 Å². The fourth-order valence-corrected chi connectivity index (χ4v) is 3.33. The Morgan fingerprint density at radius 1 is 1.00 bits per heavy atom. The second kappa shape index (κ2) is 11.2. The second-order valence-electron chi connectivity index (χ2n) is 8.43. The van der Waals surface area contributed by atoms with Gasteiger partial charge in [0.2, 0.25) is 0 Å². The van der Waals surface area contributed by atoms with E-state index >= 15 is 0 Å². The van der Waals surface area contributed by atoms with Gasteiger partial charge in [-0.3, -0.25) is 0 Å². The predicted octanol–water partition coefficient (Wildman–Crippen LogP) is 6.81. The first-order chi connectivity index (χ1) is 15.7. The number of amides is 1. The van der Waals surface area contributed by atoms with Crippen molar-refractivity contribution in [2.24, 2.45) is 0 Å². The van der Waals surface area contributed by atoms with E-state index in [0.29, 0.717) is 23.7 Å². The first-order valence-electron chi connectivity index (χ1n) is 10.5. The molecule has 1 atom stereocenters. The molecule has 5 nitrogen and oxygen atoms in total. The van der Waals surface area contributed by atoms with Crippen molar-refractivity contribution in [1.29, 1.82) is 0 Å². The van der Waals surface area contributed by atoms with Gasteiger partial charge in [0, 0.05) is 6.07 Å². The molecule has 7 heteroatoms. The fraction of sp³-hybridized carbons (Fsp3) is 0.269. The number of alkyl carbamates (subject to hydrolysis) is 1. The fourth-order valence-electron chi connectivity index (χ4n) is 2.96. The van der Waals surface area contributed by atoms with Crippen LogP contribution in [-0.2, 0) is 11.3 Å². The molecule has 0 saturated carbocycles.